The molecule has 1 fully saturated rings. The van der Waals surface area contributed by atoms with E-state index in [1.807, 2.05) is 26.1 Å². The van der Waals surface area contributed by atoms with Gasteiger partial charge in [0.05, 0.1) is 6.61 Å². The highest BCUT2D eigenvalue weighted by molar-refractivity contribution is 5.94. The third-order valence-corrected chi connectivity index (χ3v) is 4.70. The van der Waals surface area contributed by atoms with Crippen LogP contribution in [-0.2, 0) is 18.3 Å². The van der Waals surface area contributed by atoms with Crippen LogP contribution in [0.25, 0.3) is 0 Å². The molecule has 2 aliphatic heterocycles. The maximum atomic E-state index is 12.4. The first-order valence-electron chi connectivity index (χ1n) is 8.18. The van der Waals surface area contributed by atoms with Gasteiger partial charge in [-0.05, 0) is 30.5 Å². The molecule has 3 N–H and O–H groups in total. The highest BCUT2D eigenvalue weighted by atomic mass is 16.5. The summed E-state index contributed by atoms with van der Waals surface area (Å²) in [6.07, 6.45) is 1.64. The molecular formula is C17H21N5O2. The smallest absolute Gasteiger partial charge is 0.244 e. The van der Waals surface area contributed by atoms with Crippen LogP contribution in [0.3, 0.4) is 0 Å². The molecule has 7 nitrogen and oxygen atoms in total. The van der Waals surface area contributed by atoms with Crippen LogP contribution in [0.1, 0.15) is 29.3 Å². The second kappa shape index (κ2) is 5.92. The number of benzene rings is 1. The lowest BCUT2D eigenvalue weighted by Gasteiger charge is -2.11. The molecule has 7 heteroatoms. The van der Waals surface area contributed by atoms with E-state index in [0.717, 1.165) is 24.5 Å². The molecule has 0 spiro atoms. The van der Waals surface area contributed by atoms with Gasteiger partial charge in [-0.3, -0.25) is 9.48 Å². The Labute approximate surface area is 140 Å². The second-order valence-electron chi connectivity index (χ2n) is 6.38. The zero-order chi connectivity index (χ0) is 16.7. The lowest BCUT2D eigenvalue weighted by Crippen LogP contribution is -2.39. The van der Waals surface area contributed by atoms with Crippen LogP contribution >= 0.6 is 0 Å². The molecule has 0 bridgehead atoms. The summed E-state index contributed by atoms with van der Waals surface area (Å²) in [6.45, 7) is 2.70. The Morgan fingerprint density at radius 3 is 3.04 bits per heavy atom. The Balaban J connectivity index is 1.41. The minimum Gasteiger partial charge on any atom is -0.493 e. The average Bonchev–Trinajstić information content (AvgIpc) is 3.27. The number of carbonyl (C=O) groups excluding carboxylic acids is 1. The predicted octanol–water partition coefficient (Wildman–Crippen LogP) is 1.21. The lowest BCUT2D eigenvalue weighted by atomic mass is 9.99. The van der Waals surface area contributed by atoms with Crippen LogP contribution in [0, 0.1) is 6.92 Å². The van der Waals surface area contributed by atoms with Gasteiger partial charge in [0.1, 0.15) is 11.8 Å². The number of nitrogens with one attached hydrogen (secondary N) is 3. The molecule has 0 radical (unpaired) electrons. The SMILES string of the molecule is Cc1cc(NC(=O)C2CC(c3ccc4c(c3)CCO4)NN2)nn1C. The predicted molar refractivity (Wildman–Crippen MR) is 89.6 cm³/mol. The summed E-state index contributed by atoms with van der Waals surface area (Å²) in [7, 11) is 1.86. The number of nitrogens with zero attached hydrogens (tertiary/aromatic N) is 2. The van der Waals surface area contributed by atoms with E-state index in [9.17, 15) is 4.79 Å². The maximum absolute atomic E-state index is 12.4. The fraction of sp³-hybridized carbons (Fsp3) is 0.412. The molecule has 2 aliphatic rings. The lowest BCUT2D eigenvalue weighted by molar-refractivity contribution is -0.117. The Morgan fingerprint density at radius 1 is 1.38 bits per heavy atom. The molecule has 24 heavy (non-hydrogen) atoms. The number of hydrogen-bond acceptors (Lipinski definition) is 5. The van der Waals surface area contributed by atoms with Gasteiger partial charge in [-0.1, -0.05) is 12.1 Å². The van der Waals surface area contributed by atoms with E-state index < -0.39 is 0 Å². The standard InChI is InChI=1S/C17H21N5O2/c1-10-7-16(21-22(10)2)18-17(23)14-9-13(19-20-14)11-3-4-15-12(8-11)5-6-24-15/h3-4,7-8,13-14,19-20H,5-6,9H2,1-2H3,(H,18,21,23). The first-order chi connectivity index (χ1) is 11.6. The van der Waals surface area contributed by atoms with Crippen molar-refractivity contribution in [2.75, 3.05) is 11.9 Å². The zero-order valence-corrected chi connectivity index (χ0v) is 13.8. The van der Waals surface area contributed by atoms with Crippen molar-refractivity contribution in [3.05, 3.63) is 41.1 Å². The zero-order valence-electron chi connectivity index (χ0n) is 13.8. The summed E-state index contributed by atoms with van der Waals surface area (Å²) >= 11 is 0. The molecule has 126 valence electrons. The van der Waals surface area contributed by atoms with Crippen molar-refractivity contribution < 1.29 is 9.53 Å². The molecule has 2 unspecified atom stereocenters. The molecule has 2 aromatic rings. The van der Waals surface area contributed by atoms with Crippen LogP contribution < -0.4 is 20.9 Å². The Morgan fingerprint density at radius 2 is 2.25 bits per heavy atom. The van der Waals surface area contributed by atoms with Crippen molar-refractivity contribution in [3.63, 3.8) is 0 Å². The number of ether oxygens (including phenoxy) is 1. The topological polar surface area (TPSA) is 80.2 Å². The van der Waals surface area contributed by atoms with Gasteiger partial charge in [0.25, 0.3) is 0 Å². The Kier molecular flexibility index (Phi) is 3.74. The van der Waals surface area contributed by atoms with Gasteiger partial charge in [-0.15, -0.1) is 0 Å². The van der Waals surface area contributed by atoms with Crippen molar-refractivity contribution in [1.29, 1.82) is 0 Å². The fourth-order valence-corrected chi connectivity index (χ4v) is 3.21. The number of rotatable bonds is 3. The van der Waals surface area contributed by atoms with E-state index in [-0.39, 0.29) is 18.0 Å². The summed E-state index contributed by atoms with van der Waals surface area (Å²) in [5, 5.41) is 7.13. The van der Waals surface area contributed by atoms with E-state index >= 15 is 0 Å². The molecule has 1 saturated heterocycles. The van der Waals surface area contributed by atoms with Gasteiger partial charge in [-0.2, -0.15) is 5.10 Å². The van der Waals surface area contributed by atoms with E-state index in [4.69, 9.17) is 4.74 Å². The molecule has 1 amide bonds. The first kappa shape index (κ1) is 15.2. The second-order valence-corrected chi connectivity index (χ2v) is 6.38. The number of hydrazine groups is 1. The number of anilines is 1. The highest BCUT2D eigenvalue weighted by Gasteiger charge is 2.31. The molecular weight excluding hydrogens is 306 g/mol. The minimum absolute atomic E-state index is 0.0763. The first-order valence-corrected chi connectivity index (χ1v) is 8.18. The van der Waals surface area contributed by atoms with Gasteiger partial charge in [-0.25, -0.2) is 10.9 Å². The van der Waals surface area contributed by atoms with Crippen LogP contribution in [0.2, 0.25) is 0 Å². The van der Waals surface area contributed by atoms with E-state index in [0.29, 0.717) is 12.2 Å². The Bertz CT molecular complexity index is 766. The fourth-order valence-electron chi connectivity index (χ4n) is 3.21. The highest BCUT2D eigenvalue weighted by Crippen LogP contribution is 2.30. The van der Waals surface area contributed by atoms with Crippen molar-refractivity contribution in [2.24, 2.45) is 7.05 Å². The monoisotopic (exact) mass is 327 g/mol. The van der Waals surface area contributed by atoms with Crippen molar-refractivity contribution >= 4 is 11.7 Å². The summed E-state index contributed by atoms with van der Waals surface area (Å²) in [6, 6.07) is 7.93. The van der Waals surface area contributed by atoms with Crippen molar-refractivity contribution in [2.45, 2.75) is 31.8 Å². The summed E-state index contributed by atoms with van der Waals surface area (Å²) in [4.78, 5) is 12.4. The quantitative estimate of drug-likeness (QED) is 0.790. The number of amides is 1. The summed E-state index contributed by atoms with van der Waals surface area (Å²) in [5.74, 6) is 1.48. The summed E-state index contributed by atoms with van der Waals surface area (Å²) in [5.41, 5.74) is 9.73. The van der Waals surface area contributed by atoms with Crippen LogP contribution in [0.4, 0.5) is 5.82 Å². The summed E-state index contributed by atoms with van der Waals surface area (Å²) < 4.78 is 7.29. The number of aromatic nitrogens is 2. The normalized spacial score (nSPS) is 22.2. The van der Waals surface area contributed by atoms with Crippen molar-refractivity contribution in [3.8, 4) is 5.75 Å². The average molecular weight is 327 g/mol. The maximum Gasteiger partial charge on any atom is 0.244 e. The minimum atomic E-state index is -0.290. The van der Waals surface area contributed by atoms with Gasteiger partial charge >= 0.3 is 0 Å². The molecule has 2 atom stereocenters. The van der Waals surface area contributed by atoms with Gasteiger partial charge in [0.2, 0.25) is 5.91 Å². The molecule has 4 rings (SSSR count). The van der Waals surface area contributed by atoms with E-state index in [1.165, 1.54) is 11.1 Å². The number of carbonyl (C=O) groups is 1. The van der Waals surface area contributed by atoms with Gasteiger partial charge in [0.15, 0.2) is 5.82 Å². The van der Waals surface area contributed by atoms with Gasteiger partial charge in [0, 0.05) is 31.3 Å². The number of fused-ring (bicyclic) bond motifs is 1. The van der Waals surface area contributed by atoms with E-state index in [2.05, 4.69) is 33.4 Å². The number of hydrogen-bond donors (Lipinski definition) is 3. The Hall–Kier alpha value is -2.38. The third-order valence-electron chi connectivity index (χ3n) is 4.70. The van der Waals surface area contributed by atoms with Crippen LogP contribution in [0.15, 0.2) is 24.3 Å². The van der Waals surface area contributed by atoms with Gasteiger partial charge < -0.3 is 10.1 Å². The third kappa shape index (κ3) is 2.76. The van der Waals surface area contributed by atoms with E-state index in [1.54, 1.807) is 4.68 Å². The largest absolute Gasteiger partial charge is 0.493 e. The molecule has 0 aliphatic carbocycles. The molecule has 0 saturated carbocycles. The van der Waals surface area contributed by atoms with Crippen LogP contribution in [-0.4, -0.2) is 28.3 Å². The number of aryl methyl sites for hydroxylation is 2. The molecule has 1 aromatic heterocycles. The van der Waals surface area contributed by atoms with Crippen molar-refractivity contribution in [1.82, 2.24) is 20.6 Å². The molecule has 1 aromatic carbocycles. The van der Waals surface area contributed by atoms with Crippen LogP contribution in [0.5, 0.6) is 5.75 Å². The molecule has 3 heterocycles.